The predicted octanol–water partition coefficient (Wildman–Crippen LogP) is 2.05. The maximum Gasteiger partial charge on any atom is 0.309 e. The van der Waals surface area contributed by atoms with Gasteiger partial charge in [-0.3, -0.25) is 4.79 Å². The third kappa shape index (κ3) is 3.70. The van der Waals surface area contributed by atoms with Gasteiger partial charge in [0.25, 0.3) is 0 Å². The molecule has 19 heavy (non-hydrogen) atoms. The van der Waals surface area contributed by atoms with Crippen molar-refractivity contribution in [3.63, 3.8) is 0 Å². The van der Waals surface area contributed by atoms with Gasteiger partial charge in [0, 0.05) is 0 Å². The van der Waals surface area contributed by atoms with Crippen molar-refractivity contribution in [3.05, 3.63) is 29.3 Å². The van der Waals surface area contributed by atoms with Crippen LogP contribution in [0.2, 0.25) is 0 Å². The van der Waals surface area contributed by atoms with Crippen molar-refractivity contribution in [1.29, 1.82) is 0 Å². The molecule has 0 spiro atoms. The minimum Gasteiger partial charge on any atom is -0.496 e. The highest BCUT2D eigenvalue weighted by molar-refractivity contribution is 5.72. The van der Waals surface area contributed by atoms with Crippen molar-refractivity contribution in [2.75, 3.05) is 20.2 Å². The highest BCUT2D eigenvalue weighted by Gasteiger charge is 2.22. The molecular formula is C15H21NO3. The van der Waals surface area contributed by atoms with Crippen molar-refractivity contribution in [1.82, 2.24) is 5.32 Å². The molecule has 4 heteroatoms. The summed E-state index contributed by atoms with van der Waals surface area (Å²) >= 11 is 0. The van der Waals surface area contributed by atoms with E-state index in [4.69, 9.17) is 9.47 Å². The van der Waals surface area contributed by atoms with Gasteiger partial charge in [0.1, 0.15) is 12.4 Å². The molecule has 1 heterocycles. The molecule has 1 N–H and O–H groups in total. The third-order valence-electron chi connectivity index (χ3n) is 3.51. The summed E-state index contributed by atoms with van der Waals surface area (Å²) in [7, 11) is 1.65. The lowest BCUT2D eigenvalue weighted by atomic mass is 9.98. The number of piperidine rings is 1. The van der Waals surface area contributed by atoms with Crippen molar-refractivity contribution in [3.8, 4) is 5.75 Å². The van der Waals surface area contributed by atoms with Crippen LogP contribution in [0.1, 0.15) is 24.0 Å². The normalized spacial score (nSPS) is 16.1. The summed E-state index contributed by atoms with van der Waals surface area (Å²) in [5.74, 6) is 0.837. The Bertz CT molecular complexity index is 439. The van der Waals surface area contributed by atoms with Crippen LogP contribution in [0.3, 0.4) is 0 Å². The van der Waals surface area contributed by atoms with Crippen LogP contribution in [0.5, 0.6) is 5.75 Å². The number of nitrogens with one attached hydrogen (secondary N) is 1. The largest absolute Gasteiger partial charge is 0.496 e. The first-order chi connectivity index (χ1) is 9.20. The molecule has 0 aromatic heterocycles. The van der Waals surface area contributed by atoms with Gasteiger partial charge in [-0.25, -0.2) is 0 Å². The molecule has 1 aromatic carbocycles. The van der Waals surface area contributed by atoms with E-state index in [0.29, 0.717) is 6.61 Å². The average Bonchev–Trinajstić information content (AvgIpc) is 2.46. The maximum absolute atomic E-state index is 11.9. The number of benzene rings is 1. The Morgan fingerprint density at radius 1 is 1.37 bits per heavy atom. The number of carbonyl (C=O) groups excluding carboxylic acids is 1. The lowest BCUT2D eigenvalue weighted by Gasteiger charge is -2.21. The van der Waals surface area contributed by atoms with Gasteiger partial charge in [-0.15, -0.1) is 0 Å². The van der Waals surface area contributed by atoms with Crippen molar-refractivity contribution in [2.45, 2.75) is 26.4 Å². The topological polar surface area (TPSA) is 47.6 Å². The fraction of sp³-hybridized carbons (Fsp3) is 0.533. The number of methoxy groups -OCH3 is 1. The number of aryl methyl sites for hydroxylation is 1. The van der Waals surface area contributed by atoms with Gasteiger partial charge < -0.3 is 14.8 Å². The predicted molar refractivity (Wildman–Crippen MR) is 73.1 cm³/mol. The highest BCUT2D eigenvalue weighted by Crippen LogP contribution is 2.20. The van der Waals surface area contributed by atoms with E-state index in [1.165, 1.54) is 0 Å². The number of hydrogen-bond acceptors (Lipinski definition) is 4. The fourth-order valence-electron chi connectivity index (χ4n) is 2.36. The molecule has 2 rings (SSSR count). The van der Waals surface area contributed by atoms with Gasteiger partial charge >= 0.3 is 5.97 Å². The number of rotatable bonds is 4. The van der Waals surface area contributed by atoms with Crippen LogP contribution < -0.4 is 10.1 Å². The van der Waals surface area contributed by atoms with Gasteiger partial charge in [-0.2, -0.15) is 0 Å². The molecule has 1 fully saturated rings. The Morgan fingerprint density at radius 3 is 2.74 bits per heavy atom. The smallest absolute Gasteiger partial charge is 0.309 e. The Balaban J connectivity index is 1.87. The van der Waals surface area contributed by atoms with Gasteiger partial charge in [-0.1, -0.05) is 6.07 Å². The van der Waals surface area contributed by atoms with Gasteiger partial charge in [0.15, 0.2) is 0 Å². The minimum absolute atomic E-state index is 0.0561. The SMILES string of the molecule is COc1ccc(COC(=O)C2CCNCC2)cc1C. The van der Waals surface area contributed by atoms with Crippen LogP contribution in [0.25, 0.3) is 0 Å². The quantitative estimate of drug-likeness (QED) is 0.845. The number of carbonyl (C=O) groups is 1. The Hall–Kier alpha value is -1.55. The summed E-state index contributed by atoms with van der Waals surface area (Å²) in [4.78, 5) is 11.9. The van der Waals surface area contributed by atoms with Crippen LogP contribution in [-0.4, -0.2) is 26.2 Å². The summed E-state index contributed by atoms with van der Waals surface area (Å²) < 4.78 is 10.6. The zero-order chi connectivity index (χ0) is 13.7. The molecule has 1 aliphatic rings. The second kappa shape index (κ2) is 6.57. The second-order valence-electron chi connectivity index (χ2n) is 4.94. The lowest BCUT2D eigenvalue weighted by Crippen LogP contribution is -2.32. The molecule has 0 radical (unpaired) electrons. The van der Waals surface area contributed by atoms with E-state index in [0.717, 1.165) is 42.8 Å². The lowest BCUT2D eigenvalue weighted by molar-refractivity contribution is -0.150. The van der Waals surface area contributed by atoms with Crippen molar-refractivity contribution < 1.29 is 14.3 Å². The van der Waals surface area contributed by atoms with Crippen LogP contribution in [0.4, 0.5) is 0 Å². The molecule has 4 nitrogen and oxygen atoms in total. The standard InChI is InChI=1S/C15H21NO3/c1-11-9-12(3-4-14(11)18-2)10-19-15(17)13-5-7-16-8-6-13/h3-4,9,13,16H,5-8,10H2,1-2H3. The van der Waals surface area contributed by atoms with Crippen LogP contribution in [-0.2, 0) is 16.1 Å². The Morgan fingerprint density at radius 2 is 2.11 bits per heavy atom. The number of ether oxygens (including phenoxy) is 2. The second-order valence-corrected chi connectivity index (χ2v) is 4.94. The van der Waals surface area contributed by atoms with Crippen molar-refractivity contribution in [2.24, 2.45) is 5.92 Å². The van der Waals surface area contributed by atoms with Crippen molar-refractivity contribution >= 4 is 5.97 Å². The molecule has 0 bridgehead atoms. The molecular weight excluding hydrogens is 242 g/mol. The first-order valence-electron chi connectivity index (χ1n) is 6.71. The first kappa shape index (κ1) is 13.9. The molecule has 1 saturated heterocycles. The monoisotopic (exact) mass is 263 g/mol. The molecule has 1 aromatic rings. The van der Waals surface area contributed by atoms with E-state index >= 15 is 0 Å². The van der Waals surface area contributed by atoms with Crippen LogP contribution >= 0.6 is 0 Å². The highest BCUT2D eigenvalue weighted by atomic mass is 16.5. The average molecular weight is 263 g/mol. The molecule has 1 aliphatic heterocycles. The Labute approximate surface area is 114 Å². The third-order valence-corrected chi connectivity index (χ3v) is 3.51. The van der Waals surface area contributed by atoms with E-state index in [1.54, 1.807) is 7.11 Å². The van der Waals surface area contributed by atoms with Gasteiger partial charge in [-0.05, 0) is 56.1 Å². The first-order valence-corrected chi connectivity index (χ1v) is 6.71. The van der Waals surface area contributed by atoms with E-state index in [1.807, 2.05) is 25.1 Å². The summed E-state index contributed by atoms with van der Waals surface area (Å²) in [6, 6.07) is 5.83. The zero-order valence-corrected chi connectivity index (χ0v) is 11.6. The zero-order valence-electron chi connectivity index (χ0n) is 11.6. The fourth-order valence-corrected chi connectivity index (χ4v) is 2.36. The maximum atomic E-state index is 11.9. The Kier molecular flexibility index (Phi) is 4.80. The molecule has 104 valence electrons. The van der Waals surface area contributed by atoms with E-state index in [2.05, 4.69) is 5.32 Å². The number of hydrogen-bond donors (Lipinski definition) is 1. The van der Waals surface area contributed by atoms with Gasteiger partial charge in [0.05, 0.1) is 13.0 Å². The summed E-state index contributed by atoms with van der Waals surface area (Å²) in [6.07, 6.45) is 1.75. The van der Waals surface area contributed by atoms with E-state index in [9.17, 15) is 4.79 Å². The van der Waals surface area contributed by atoms with Gasteiger partial charge in [0.2, 0.25) is 0 Å². The molecule has 0 saturated carbocycles. The van der Waals surface area contributed by atoms with Crippen LogP contribution in [0.15, 0.2) is 18.2 Å². The van der Waals surface area contributed by atoms with Crippen LogP contribution in [0, 0.1) is 12.8 Å². The number of esters is 1. The molecule has 0 atom stereocenters. The summed E-state index contributed by atoms with van der Waals surface area (Å²) in [5.41, 5.74) is 2.05. The molecule has 0 aliphatic carbocycles. The van der Waals surface area contributed by atoms with E-state index < -0.39 is 0 Å². The molecule has 0 unspecified atom stereocenters. The minimum atomic E-state index is -0.0741. The van der Waals surface area contributed by atoms with E-state index in [-0.39, 0.29) is 11.9 Å². The summed E-state index contributed by atoms with van der Waals surface area (Å²) in [5, 5.41) is 3.24. The molecule has 0 amide bonds. The summed E-state index contributed by atoms with van der Waals surface area (Å²) in [6.45, 7) is 4.13.